The first kappa shape index (κ1) is 28.2. The molecule has 0 saturated carbocycles. The maximum Gasteiger partial charge on any atom is 0.408 e. The Bertz CT molecular complexity index is 1050. The quantitative estimate of drug-likeness (QED) is 0.239. The van der Waals surface area contributed by atoms with Crippen molar-refractivity contribution in [3.63, 3.8) is 0 Å². The number of aryl methyl sites for hydroxylation is 1. The van der Waals surface area contributed by atoms with Crippen LogP contribution in [-0.4, -0.2) is 34.8 Å². The van der Waals surface area contributed by atoms with E-state index in [9.17, 15) is 24.5 Å². The van der Waals surface area contributed by atoms with Crippen LogP contribution < -0.4 is 10.6 Å². The lowest BCUT2D eigenvalue weighted by molar-refractivity contribution is -0.384. The van der Waals surface area contributed by atoms with Gasteiger partial charge < -0.3 is 15.4 Å². The van der Waals surface area contributed by atoms with Gasteiger partial charge in [-0.15, -0.1) is 0 Å². The molecule has 0 aliphatic rings. The molecule has 36 heavy (non-hydrogen) atoms. The summed E-state index contributed by atoms with van der Waals surface area (Å²) in [6.07, 6.45) is 4.00. The molecule has 0 aromatic heterocycles. The van der Waals surface area contributed by atoms with Gasteiger partial charge in [-0.2, -0.15) is 0 Å². The van der Waals surface area contributed by atoms with Gasteiger partial charge >= 0.3 is 6.09 Å². The summed E-state index contributed by atoms with van der Waals surface area (Å²) >= 11 is 0. The first-order chi connectivity index (χ1) is 17.1. The minimum atomic E-state index is -0.834. The fourth-order valence-electron chi connectivity index (χ4n) is 3.47. The maximum absolute atomic E-state index is 13.1. The van der Waals surface area contributed by atoms with Crippen LogP contribution in [0.25, 0.3) is 0 Å². The van der Waals surface area contributed by atoms with Crippen LogP contribution in [0.15, 0.2) is 66.7 Å². The lowest BCUT2D eigenvalue weighted by Gasteiger charge is -2.23. The van der Waals surface area contributed by atoms with Gasteiger partial charge in [-0.3, -0.25) is 19.7 Å². The molecule has 0 aliphatic heterocycles. The molecule has 2 aromatic carbocycles. The number of carbonyl (C=O) groups excluding carboxylic acids is 3. The number of rotatable bonds is 13. The summed E-state index contributed by atoms with van der Waals surface area (Å²) in [4.78, 5) is 47.2. The van der Waals surface area contributed by atoms with E-state index in [4.69, 9.17) is 4.74 Å². The molecule has 0 aliphatic carbocycles. The number of nitrogens with one attached hydrogen (secondary N) is 2. The fourth-order valence-corrected chi connectivity index (χ4v) is 3.47. The van der Waals surface area contributed by atoms with Gasteiger partial charge in [0, 0.05) is 18.2 Å². The molecule has 2 amide bonds. The fraction of sp³-hybridized carbons (Fsp3) is 0.370. The standard InChI is InChI=1S/C27H33N3O6/c1-19(2)17-25(29-27(33)36-18-22-11-15-24(16-12-22)30(34)35)26(32)28-23(13-9-20(3)31)14-10-21-7-5-4-6-8-21/h4-9,11-13,15-16,19,23,25H,10,14,17-18H2,1-3H3,(H,28,32)(H,29,33)/b13-9+/t23-,25+/m1/s1. The van der Waals surface area contributed by atoms with Crippen LogP contribution in [0.3, 0.4) is 0 Å². The second-order valence-corrected chi connectivity index (χ2v) is 8.94. The van der Waals surface area contributed by atoms with Crippen molar-refractivity contribution in [2.45, 2.75) is 58.7 Å². The first-order valence-electron chi connectivity index (χ1n) is 11.8. The van der Waals surface area contributed by atoms with Crippen LogP contribution in [-0.2, 0) is 27.4 Å². The average molecular weight is 496 g/mol. The van der Waals surface area contributed by atoms with Gasteiger partial charge in [0.2, 0.25) is 5.91 Å². The molecule has 9 heteroatoms. The summed E-state index contributed by atoms with van der Waals surface area (Å²) in [6, 6.07) is 14.2. The number of non-ortho nitro benzene ring substituents is 1. The van der Waals surface area contributed by atoms with Crippen molar-refractivity contribution >= 4 is 23.5 Å². The van der Waals surface area contributed by atoms with E-state index in [1.807, 2.05) is 44.2 Å². The Morgan fingerprint density at radius 2 is 1.67 bits per heavy atom. The van der Waals surface area contributed by atoms with Crippen LogP contribution in [0.4, 0.5) is 10.5 Å². The molecule has 2 atom stereocenters. The van der Waals surface area contributed by atoms with Crippen molar-refractivity contribution in [1.29, 1.82) is 0 Å². The first-order valence-corrected chi connectivity index (χ1v) is 11.8. The number of hydrogen-bond acceptors (Lipinski definition) is 6. The highest BCUT2D eigenvalue weighted by atomic mass is 16.6. The smallest absolute Gasteiger partial charge is 0.408 e. The minimum Gasteiger partial charge on any atom is -0.445 e. The number of amides is 2. The van der Waals surface area contributed by atoms with E-state index in [0.29, 0.717) is 24.8 Å². The predicted molar refractivity (Wildman–Crippen MR) is 136 cm³/mol. The Kier molecular flexibility index (Phi) is 11.3. The van der Waals surface area contributed by atoms with Crippen LogP contribution in [0, 0.1) is 16.0 Å². The summed E-state index contributed by atoms with van der Waals surface area (Å²) in [7, 11) is 0. The Balaban J connectivity index is 2.00. The molecular weight excluding hydrogens is 462 g/mol. The van der Waals surface area contributed by atoms with E-state index in [0.717, 1.165) is 5.56 Å². The highest BCUT2D eigenvalue weighted by Gasteiger charge is 2.24. The molecule has 0 unspecified atom stereocenters. The molecule has 9 nitrogen and oxygen atoms in total. The third-order valence-corrected chi connectivity index (χ3v) is 5.31. The Morgan fingerprint density at radius 3 is 2.25 bits per heavy atom. The number of ether oxygens (including phenoxy) is 1. The number of alkyl carbamates (subject to hydrolysis) is 1. The van der Waals surface area contributed by atoms with E-state index in [1.165, 1.54) is 37.3 Å². The molecule has 2 N–H and O–H groups in total. The number of hydrogen-bond donors (Lipinski definition) is 2. The molecule has 2 rings (SSSR count). The zero-order valence-electron chi connectivity index (χ0n) is 20.8. The molecule has 0 radical (unpaired) electrons. The second-order valence-electron chi connectivity index (χ2n) is 8.94. The maximum atomic E-state index is 13.1. The van der Waals surface area contributed by atoms with Gasteiger partial charge in [0.05, 0.1) is 4.92 Å². The van der Waals surface area contributed by atoms with E-state index in [2.05, 4.69) is 10.6 Å². The van der Waals surface area contributed by atoms with Gasteiger partial charge in [-0.05, 0) is 61.4 Å². The SMILES string of the molecule is CC(=O)/C=C/[C@H](CCc1ccccc1)NC(=O)[C@H](CC(C)C)NC(=O)OCc1ccc([N+](=O)[O-])cc1. The number of nitro benzene ring substituents is 1. The van der Waals surface area contributed by atoms with E-state index >= 15 is 0 Å². The summed E-state index contributed by atoms with van der Waals surface area (Å²) in [6.45, 7) is 5.22. The molecule has 2 aromatic rings. The van der Waals surface area contributed by atoms with Crippen LogP contribution in [0.2, 0.25) is 0 Å². The number of ketones is 1. The van der Waals surface area contributed by atoms with Crippen molar-refractivity contribution in [3.05, 3.63) is 88.0 Å². The number of carbonyl (C=O) groups is 3. The number of nitrogens with zero attached hydrogens (tertiary/aromatic N) is 1. The van der Waals surface area contributed by atoms with Gasteiger partial charge in [-0.1, -0.05) is 50.3 Å². The highest BCUT2D eigenvalue weighted by Crippen LogP contribution is 2.13. The van der Waals surface area contributed by atoms with Gasteiger partial charge in [0.15, 0.2) is 5.78 Å². The number of nitro groups is 1. The zero-order valence-corrected chi connectivity index (χ0v) is 20.8. The molecule has 0 bridgehead atoms. The molecule has 0 heterocycles. The van der Waals surface area contributed by atoms with E-state index in [-0.39, 0.29) is 29.9 Å². The molecular formula is C27H33N3O6. The molecule has 192 valence electrons. The summed E-state index contributed by atoms with van der Waals surface area (Å²) in [5, 5.41) is 16.3. The topological polar surface area (TPSA) is 128 Å². The Hall–Kier alpha value is -4.01. The lowest BCUT2D eigenvalue weighted by Crippen LogP contribution is -2.50. The van der Waals surface area contributed by atoms with Crippen LogP contribution in [0.5, 0.6) is 0 Å². The van der Waals surface area contributed by atoms with Gasteiger partial charge in [0.25, 0.3) is 5.69 Å². The normalized spacial score (nSPS) is 12.7. The van der Waals surface area contributed by atoms with Crippen molar-refractivity contribution in [2.75, 3.05) is 0 Å². The monoisotopic (exact) mass is 495 g/mol. The average Bonchev–Trinajstić information content (AvgIpc) is 2.84. The Labute approximate surface area is 211 Å². The number of allylic oxidation sites excluding steroid dienone is 1. The van der Waals surface area contributed by atoms with E-state index in [1.54, 1.807) is 6.08 Å². The van der Waals surface area contributed by atoms with Gasteiger partial charge in [0.1, 0.15) is 12.6 Å². The number of benzene rings is 2. The zero-order chi connectivity index (χ0) is 26.5. The second kappa shape index (κ2) is 14.4. The molecule has 0 saturated heterocycles. The van der Waals surface area contributed by atoms with Gasteiger partial charge in [-0.25, -0.2) is 4.79 Å². The van der Waals surface area contributed by atoms with Crippen molar-refractivity contribution in [3.8, 4) is 0 Å². The Morgan fingerprint density at radius 1 is 1.00 bits per heavy atom. The molecule has 0 spiro atoms. The molecule has 0 fully saturated rings. The summed E-state index contributed by atoms with van der Waals surface area (Å²) in [5.74, 6) is -0.380. The van der Waals surface area contributed by atoms with Crippen molar-refractivity contribution in [2.24, 2.45) is 5.92 Å². The highest BCUT2D eigenvalue weighted by molar-refractivity contribution is 5.88. The van der Waals surface area contributed by atoms with E-state index < -0.39 is 23.1 Å². The van der Waals surface area contributed by atoms with Crippen LogP contribution >= 0.6 is 0 Å². The third kappa shape index (κ3) is 10.5. The van der Waals surface area contributed by atoms with Crippen molar-refractivity contribution in [1.82, 2.24) is 10.6 Å². The minimum absolute atomic E-state index is 0.0579. The summed E-state index contributed by atoms with van der Waals surface area (Å²) in [5.41, 5.74) is 1.63. The largest absolute Gasteiger partial charge is 0.445 e. The summed E-state index contributed by atoms with van der Waals surface area (Å²) < 4.78 is 5.22. The third-order valence-electron chi connectivity index (χ3n) is 5.31. The predicted octanol–water partition coefficient (Wildman–Crippen LogP) is 4.50. The van der Waals surface area contributed by atoms with Crippen molar-refractivity contribution < 1.29 is 24.0 Å². The van der Waals surface area contributed by atoms with Crippen LogP contribution in [0.1, 0.15) is 44.7 Å². The lowest BCUT2D eigenvalue weighted by atomic mass is 10.0.